The Kier molecular flexibility index (Phi) is 5.25. The first kappa shape index (κ1) is 14.3. The van der Waals surface area contributed by atoms with E-state index in [-0.39, 0.29) is 12.1 Å². The van der Waals surface area contributed by atoms with Gasteiger partial charge in [-0.1, -0.05) is 17.7 Å². The van der Waals surface area contributed by atoms with Crippen molar-refractivity contribution in [2.75, 3.05) is 25.5 Å². The molecule has 2 unspecified atom stereocenters. The summed E-state index contributed by atoms with van der Waals surface area (Å²) in [6.45, 7) is 4.44. The lowest BCUT2D eigenvalue weighted by atomic mass is 10.1. The van der Waals surface area contributed by atoms with Crippen molar-refractivity contribution in [3.05, 3.63) is 28.8 Å². The zero-order chi connectivity index (χ0) is 13.0. The highest BCUT2D eigenvalue weighted by Crippen LogP contribution is 2.27. The lowest BCUT2D eigenvalue weighted by molar-refractivity contribution is 0.201. The van der Waals surface area contributed by atoms with Crippen molar-refractivity contribution < 1.29 is 5.11 Å². The first-order valence-corrected chi connectivity index (χ1v) is 6.19. The van der Waals surface area contributed by atoms with Crippen LogP contribution in [0.2, 0.25) is 5.02 Å². The van der Waals surface area contributed by atoms with E-state index in [1.165, 1.54) is 0 Å². The largest absolute Gasteiger partial charge is 0.392 e. The summed E-state index contributed by atoms with van der Waals surface area (Å²) >= 11 is 6.25. The van der Waals surface area contributed by atoms with E-state index < -0.39 is 0 Å². The van der Waals surface area contributed by atoms with Crippen LogP contribution in [-0.4, -0.2) is 31.9 Å². The maximum Gasteiger partial charge on any atom is 0.0686 e. The predicted octanol–water partition coefficient (Wildman–Crippen LogP) is 2.44. The Morgan fingerprint density at radius 2 is 2.06 bits per heavy atom. The molecule has 0 aliphatic carbocycles. The molecular formula is C13H21ClN2O. The van der Waals surface area contributed by atoms with E-state index in [9.17, 15) is 5.11 Å². The lowest BCUT2D eigenvalue weighted by Crippen LogP contribution is -2.26. The quantitative estimate of drug-likeness (QED) is 0.850. The third-order valence-corrected chi connectivity index (χ3v) is 3.19. The van der Waals surface area contributed by atoms with Crippen molar-refractivity contribution >= 4 is 17.3 Å². The zero-order valence-electron chi connectivity index (χ0n) is 10.9. The van der Waals surface area contributed by atoms with Gasteiger partial charge in [-0.15, -0.1) is 0 Å². The topological polar surface area (TPSA) is 35.5 Å². The summed E-state index contributed by atoms with van der Waals surface area (Å²) in [4.78, 5) is 1.99. The van der Waals surface area contributed by atoms with Crippen LogP contribution in [0.4, 0.5) is 5.69 Å². The number of likely N-dealkylation sites (N-methyl/N-ethyl adjacent to an activating group) is 1. The van der Waals surface area contributed by atoms with E-state index in [1.54, 1.807) is 6.92 Å². The summed E-state index contributed by atoms with van der Waals surface area (Å²) in [5.74, 6) is 0. The van der Waals surface area contributed by atoms with Crippen molar-refractivity contribution in [2.45, 2.75) is 26.0 Å². The van der Waals surface area contributed by atoms with Gasteiger partial charge in [0.2, 0.25) is 0 Å². The van der Waals surface area contributed by atoms with Crippen LogP contribution in [-0.2, 0) is 0 Å². The molecule has 0 amide bonds. The number of nitrogens with one attached hydrogen (secondary N) is 1. The number of hydrogen-bond donors (Lipinski definition) is 2. The Balaban J connectivity index is 2.88. The van der Waals surface area contributed by atoms with Crippen molar-refractivity contribution in [1.29, 1.82) is 0 Å². The van der Waals surface area contributed by atoms with Gasteiger partial charge in [-0.2, -0.15) is 0 Å². The summed E-state index contributed by atoms with van der Waals surface area (Å²) in [6, 6.07) is 6.22. The molecule has 0 spiro atoms. The van der Waals surface area contributed by atoms with Gasteiger partial charge in [-0.25, -0.2) is 0 Å². The summed E-state index contributed by atoms with van der Waals surface area (Å²) in [5.41, 5.74) is 2.10. The Labute approximate surface area is 108 Å². The highest BCUT2D eigenvalue weighted by molar-refractivity contribution is 6.31. The van der Waals surface area contributed by atoms with Crippen LogP contribution in [0.5, 0.6) is 0 Å². The fraction of sp³-hybridized carbons (Fsp3) is 0.538. The number of benzene rings is 1. The highest BCUT2D eigenvalue weighted by Gasteiger charge is 2.10. The maximum absolute atomic E-state index is 9.35. The highest BCUT2D eigenvalue weighted by atomic mass is 35.5. The molecule has 96 valence electrons. The smallest absolute Gasteiger partial charge is 0.0686 e. The summed E-state index contributed by atoms with van der Waals surface area (Å²) < 4.78 is 0. The maximum atomic E-state index is 9.35. The van der Waals surface area contributed by atoms with Crippen molar-refractivity contribution in [3.63, 3.8) is 0 Å². The van der Waals surface area contributed by atoms with Crippen molar-refractivity contribution in [2.24, 2.45) is 0 Å². The minimum absolute atomic E-state index is 0.235. The first-order chi connectivity index (χ1) is 7.95. The second kappa shape index (κ2) is 6.24. The molecule has 0 aliphatic rings. The zero-order valence-corrected chi connectivity index (χ0v) is 11.6. The molecule has 0 saturated heterocycles. The standard InChI is InChI=1S/C13H21ClN2O/c1-9(17)8-16(4)11-5-6-12(10(2)15-3)13(14)7-11/h5-7,9-10,15,17H,8H2,1-4H3. The van der Waals surface area contributed by atoms with Gasteiger partial charge < -0.3 is 15.3 Å². The molecule has 17 heavy (non-hydrogen) atoms. The van der Waals surface area contributed by atoms with Crippen LogP contribution in [0.1, 0.15) is 25.5 Å². The minimum atomic E-state index is -0.352. The Morgan fingerprint density at radius 3 is 2.53 bits per heavy atom. The molecule has 0 bridgehead atoms. The predicted molar refractivity (Wildman–Crippen MR) is 73.9 cm³/mol. The second-order valence-electron chi connectivity index (χ2n) is 4.45. The van der Waals surface area contributed by atoms with Gasteiger partial charge in [0, 0.05) is 30.3 Å². The molecule has 1 aromatic rings. The number of aliphatic hydroxyl groups is 1. The average Bonchev–Trinajstić information content (AvgIpc) is 2.27. The van der Waals surface area contributed by atoms with E-state index in [0.717, 1.165) is 16.3 Å². The van der Waals surface area contributed by atoms with Crippen LogP contribution in [0.25, 0.3) is 0 Å². The van der Waals surface area contributed by atoms with Gasteiger partial charge in [0.15, 0.2) is 0 Å². The molecule has 3 nitrogen and oxygen atoms in total. The van der Waals surface area contributed by atoms with Gasteiger partial charge >= 0.3 is 0 Å². The van der Waals surface area contributed by atoms with Gasteiger partial charge in [0.25, 0.3) is 0 Å². The Morgan fingerprint density at radius 1 is 1.41 bits per heavy atom. The Bertz CT molecular complexity index is 368. The van der Waals surface area contributed by atoms with Gasteiger partial charge in [-0.3, -0.25) is 0 Å². The number of halogens is 1. The average molecular weight is 257 g/mol. The number of aliphatic hydroxyl groups excluding tert-OH is 1. The molecule has 0 saturated carbocycles. The second-order valence-corrected chi connectivity index (χ2v) is 4.85. The molecule has 2 N–H and O–H groups in total. The molecule has 2 atom stereocenters. The summed E-state index contributed by atoms with van der Waals surface area (Å²) in [5, 5.41) is 13.3. The molecule has 4 heteroatoms. The van der Waals surface area contributed by atoms with E-state index >= 15 is 0 Å². The SMILES string of the molecule is CNC(C)c1ccc(N(C)CC(C)O)cc1Cl. The van der Waals surface area contributed by atoms with Crippen molar-refractivity contribution in [3.8, 4) is 0 Å². The molecule has 1 rings (SSSR count). The fourth-order valence-corrected chi connectivity index (χ4v) is 2.10. The van der Waals surface area contributed by atoms with Gasteiger partial charge in [0.1, 0.15) is 0 Å². The van der Waals surface area contributed by atoms with E-state index in [2.05, 4.69) is 12.2 Å². The molecular weight excluding hydrogens is 236 g/mol. The van der Waals surface area contributed by atoms with Crippen LogP contribution < -0.4 is 10.2 Å². The number of nitrogens with zero attached hydrogens (tertiary/aromatic N) is 1. The third kappa shape index (κ3) is 3.87. The van der Waals surface area contributed by atoms with E-state index in [1.807, 2.05) is 37.2 Å². The number of rotatable bonds is 5. The third-order valence-electron chi connectivity index (χ3n) is 2.86. The monoisotopic (exact) mass is 256 g/mol. The molecule has 1 aromatic carbocycles. The van der Waals surface area contributed by atoms with Crippen molar-refractivity contribution in [1.82, 2.24) is 5.32 Å². The van der Waals surface area contributed by atoms with E-state index in [0.29, 0.717) is 6.54 Å². The summed E-state index contributed by atoms with van der Waals surface area (Å²) in [7, 11) is 3.86. The Hall–Kier alpha value is -0.770. The van der Waals surface area contributed by atoms with Crippen LogP contribution >= 0.6 is 11.6 Å². The molecule has 0 heterocycles. The molecule has 0 radical (unpaired) electrons. The number of anilines is 1. The minimum Gasteiger partial charge on any atom is -0.392 e. The van der Waals surface area contributed by atoms with Crippen LogP contribution in [0.3, 0.4) is 0 Å². The van der Waals surface area contributed by atoms with Gasteiger partial charge in [-0.05, 0) is 38.6 Å². The molecule has 0 fully saturated rings. The normalized spacial score (nSPS) is 14.5. The molecule has 0 aliphatic heterocycles. The van der Waals surface area contributed by atoms with Crippen LogP contribution in [0, 0.1) is 0 Å². The van der Waals surface area contributed by atoms with E-state index in [4.69, 9.17) is 11.6 Å². The first-order valence-electron chi connectivity index (χ1n) is 5.81. The summed E-state index contributed by atoms with van der Waals surface area (Å²) in [6.07, 6.45) is -0.352. The van der Waals surface area contributed by atoms with Gasteiger partial charge in [0.05, 0.1) is 6.10 Å². The van der Waals surface area contributed by atoms with Crippen LogP contribution in [0.15, 0.2) is 18.2 Å². The fourth-order valence-electron chi connectivity index (χ4n) is 1.76. The lowest BCUT2D eigenvalue weighted by Gasteiger charge is -2.22. The number of hydrogen-bond acceptors (Lipinski definition) is 3. The molecule has 0 aromatic heterocycles.